The third-order valence-corrected chi connectivity index (χ3v) is 13.8. The number of imidazole rings is 2. The second kappa shape index (κ2) is 19.6. The van der Waals surface area contributed by atoms with E-state index in [4.69, 9.17) is 50.9 Å². The number of aliphatic hydroxyl groups is 1. The number of ether oxygens (including phenoxy) is 1. The van der Waals surface area contributed by atoms with Gasteiger partial charge in [0.2, 0.25) is 11.8 Å². The minimum Gasteiger partial charge on any atom is -0.394 e. The minimum absolute atomic E-state index is 0.00163. The van der Waals surface area contributed by atoms with Crippen molar-refractivity contribution in [2.24, 2.45) is 11.5 Å². The second-order valence-corrected chi connectivity index (χ2v) is 18.7. The van der Waals surface area contributed by atoms with Gasteiger partial charge in [0.1, 0.15) is 22.8 Å². The molecule has 0 unspecified atom stereocenters. The molecule has 2 aliphatic carbocycles. The number of halogens is 2. The van der Waals surface area contributed by atoms with Gasteiger partial charge in [-0.15, -0.1) is 0 Å². The zero-order valence-corrected chi connectivity index (χ0v) is 40.1. The zero-order chi connectivity index (χ0) is 50.4. The van der Waals surface area contributed by atoms with Crippen molar-refractivity contribution in [3.63, 3.8) is 0 Å². The molecule has 0 bridgehead atoms. The number of methoxy groups -OCH3 is 1. The third kappa shape index (κ3) is 9.42. The number of amides is 4. The Morgan fingerprint density at radius 1 is 0.704 bits per heavy atom. The van der Waals surface area contributed by atoms with Crippen LogP contribution >= 0.6 is 23.2 Å². The van der Waals surface area contributed by atoms with E-state index in [-0.39, 0.29) is 77.2 Å². The maximum absolute atomic E-state index is 12.3. The topological polar surface area (TPSA) is 280 Å². The highest BCUT2D eigenvalue weighted by Crippen LogP contribution is 2.40. The lowest BCUT2D eigenvalue weighted by Crippen LogP contribution is -2.37. The molecule has 2 aliphatic heterocycles. The van der Waals surface area contributed by atoms with Crippen molar-refractivity contribution in [3.8, 4) is 23.7 Å². The summed E-state index contributed by atoms with van der Waals surface area (Å²) in [5.74, 6) is 9.91. The molecule has 0 radical (unpaired) electrons. The van der Waals surface area contributed by atoms with Crippen LogP contribution in [0.1, 0.15) is 106 Å². The fourth-order valence-corrected chi connectivity index (χ4v) is 9.79. The van der Waals surface area contributed by atoms with Gasteiger partial charge in [0.05, 0.1) is 82.1 Å². The first-order valence-corrected chi connectivity index (χ1v) is 23.6. The van der Waals surface area contributed by atoms with Gasteiger partial charge in [0.25, 0.3) is 11.8 Å². The summed E-state index contributed by atoms with van der Waals surface area (Å²) < 4.78 is 12.5. The molecule has 71 heavy (non-hydrogen) atoms. The first-order valence-electron chi connectivity index (χ1n) is 22.8. The number of nitrogen functional groups attached to an aromatic ring is 2. The van der Waals surface area contributed by atoms with Gasteiger partial charge in [-0.1, -0.05) is 48.2 Å². The Morgan fingerprint density at radius 3 is 1.51 bits per heavy atom. The smallest absolute Gasteiger partial charge is 0.255 e. The lowest BCUT2D eigenvalue weighted by Gasteiger charge is -2.22. The Kier molecular flexibility index (Phi) is 13.4. The third-order valence-electron chi connectivity index (χ3n) is 13.2. The first kappa shape index (κ1) is 48.4. The van der Waals surface area contributed by atoms with E-state index in [1.165, 1.54) is 26.4 Å². The van der Waals surface area contributed by atoms with Crippen LogP contribution in [-0.2, 0) is 14.3 Å². The normalized spacial score (nSPS) is 19.4. The molecule has 2 saturated heterocycles. The summed E-state index contributed by atoms with van der Waals surface area (Å²) in [5, 5.41) is 19.6. The number of carbonyl (C=O) groups is 4. The second-order valence-electron chi connectivity index (χ2n) is 17.9. The number of rotatable bonds is 11. The number of benzene rings is 2. The Morgan fingerprint density at radius 2 is 1.13 bits per heavy atom. The monoisotopic (exact) mass is 1000 g/mol. The minimum atomic E-state index is -0.765. The van der Waals surface area contributed by atoms with E-state index in [0.29, 0.717) is 59.2 Å². The summed E-state index contributed by atoms with van der Waals surface area (Å²) >= 11 is 13.0. The molecule has 0 spiro atoms. The number of hydrogen-bond donors (Lipinski definition) is 5. The van der Waals surface area contributed by atoms with Crippen molar-refractivity contribution in [2.45, 2.75) is 74.8 Å². The van der Waals surface area contributed by atoms with Crippen LogP contribution in [0.2, 0.25) is 10.0 Å². The van der Waals surface area contributed by atoms with Crippen LogP contribution in [0.5, 0.6) is 0 Å². The summed E-state index contributed by atoms with van der Waals surface area (Å²) in [5.41, 5.74) is 28.6. The fourth-order valence-electron chi connectivity index (χ4n) is 9.38. The van der Waals surface area contributed by atoms with E-state index in [9.17, 15) is 24.3 Å². The number of carbonyl (C=O) groups excluding carboxylic acids is 4. The van der Waals surface area contributed by atoms with Crippen molar-refractivity contribution in [2.75, 3.05) is 44.9 Å². The van der Waals surface area contributed by atoms with Gasteiger partial charge >= 0.3 is 0 Å². The molecule has 2 aromatic carbocycles. The van der Waals surface area contributed by atoms with Gasteiger partial charge in [-0.3, -0.25) is 19.2 Å². The number of primary amides is 2. The SMILES string of the molecule is C=CC(=O)N1C[C@@H](n2nc(C#Cc3cc4ncn(C5CC5)c4cc3Cl)c(C(N)=O)c2N)C[C@@H]1CO.C=CC(=O)N1C[C@@H](n2nc(C#Cc3cc4ncn(C5CC5)c4cc3Cl)c(C(N)=O)c2N)C[C@@H]1COC. The van der Waals surface area contributed by atoms with Gasteiger partial charge < -0.3 is 51.7 Å². The zero-order valence-electron chi connectivity index (χ0n) is 38.6. The number of anilines is 2. The van der Waals surface area contributed by atoms with Crippen molar-refractivity contribution in [1.29, 1.82) is 0 Å². The molecule has 4 fully saturated rings. The quantitative estimate of drug-likeness (QED) is 0.0913. The standard InChI is InChI=1S/C25H26ClN7O3.C24H24ClN7O3/c1-3-22(34)31-11-16(9-17(31)12-36-2)33-24(27)23(25(28)35)19(30-33)7-4-14-8-20-21(10-18(14)26)32(13-29-20)15-5-6-15;1-2-21(34)30-10-15(8-16(30)11-33)32-23(26)22(24(27)35)18(29-32)6-3-13-7-19-20(9-17(13)25)31(12-28-19)14-4-5-14/h3,8,10,13,15-17H,1,5-6,9,11-12,27H2,2H3,(H2,28,35);2,7,9,12,14-16,33H,1,4-5,8,10-11,26H2,(H2,27,35)/t16-,17+;15-,16+/m00/s1. The van der Waals surface area contributed by atoms with Crippen molar-refractivity contribution < 1.29 is 29.0 Å². The van der Waals surface area contributed by atoms with Crippen molar-refractivity contribution >= 4 is 80.5 Å². The van der Waals surface area contributed by atoms with Gasteiger partial charge in [-0.25, -0.2) is 19.3 Å². The highest BCUT2D eigenvalue weighted by Gasteiger charge is 2.39. The number of nitrogens with zero attached hydrogens (tertiary/aromatic N) is 10. The molecule has 4 aromatic heterocycles. The van der Waals surface area contributed by atoms with Crippen LogP contribution in [0.25, 0.3) is 22.1 Å². The number of hydrogen-bond acceptors (Lipinski definition) is 12. The average molecular weight is 1000 g/mol. The van der Waals surface area contributed by atoms with Crippen LogP contribution in [0.3, 0.4) is 0 Å². The Bertz CT molecular complexity index is 3300. The van der Waals surface area contributed by atoms with Crippen LogP contribution in [-0.4, -0.2) is 123 Å². The van der Waals surface area contributed by atoms with E-state index in [1.807, 2.05) is 30.9 Å². The Balaban J connectivity index is 0.000000176. The van der Waals surface area contributed by atoms with Gasteiger partial charge in [0, 0.05) is 43.4 Å². The van der Waals surface area contributed by atoms with Gasteiger partial charge in [-0.05, 0) is 86.8 Å². The molecule has 2 saturated carbocycles. The summed E-state index contributed by atoms with van der Waals surface area (Å²) in [6, 6.07) is 7.02. The highest BCUT2D eigenvalue weighted by atomic mass is 35.5. The fraction of sp³-hybridized carbons (Fsp3) is 0.347. The molecule has 6 aromatic rings. The lowest BCUT2D eigenvalue weighted by molar-refractivity contribution is -0.128. The molecule has 4 amide bonds. The van der Waals surface area contributed by atoms with Crippen LogP contribution in [0, 0.1) is 23.7 Å². The number of aliphatic hydroxyl groups excluding tert-OH is 1. The van der Waals surface area contributed by atoms with Crippen LogP contribution in [0.4, 0.5) is 11.6 Å². The van der Waals surface area contributed by atoms with Crippen LogP contribution in [0.15, 0.2) is 62.2 Å². The maximum atomic E-state index is 12.3. The van der Waals surface area contributed by atoms with Crippen LogP contribution < -0.4 is 22.9 Å². The molecule has 366 valence electrons. The van der Waals surface area contributed by atoms with E-state index < -0.39 is 17.9 Å². The Hall–Kier alpha value is -7.62. The predicted molar refractivity (Wildman–Crippen MR) is 266 cm³/mol. The molecule has 6 heterocycles. The predicted octanol–water partition coefficient (Wildman–Crippen LogP) is 3.90. The number of fused-ring (bicyclic) bond motifs is 2. The molecular formula is C49H50Cl2N14O6. The number of aromatic nitrogens is 8. The summed E-state index contributed by atoms with van der Waals surface area (Å²) in [6.07, 6.45) is 11.6. The summed E-state index contributed by atoms with van der Waals surface area (Å²) in [6.45, 7) is 7.80. The molecule has 4 aliphatic rings. The van der Waals surface area contributed by atoms with E-state index in [1.54, 1.807) is 18.1 Å². The van der Waals surface area contributed by atoms with E-state index >= 15 is 0 Å². The van der Waals surface area contributed by atoms with E-state index in [0.717, 1.165) is 47.8 Å². The van der Waals surface area contributed by atoms with Crippen molar-refractivity contribution in [3.05, 3.63) is 106 Å². The van der Waals surface area contributed by atoms with E-state index in [2.05, 4.69) is 66.1 Å². The average Bonchev–Trinajstić information content (AvgIpc) is 4.05. The molecule has 20 nitrogen and oxygen atoms in total. The largest absolute Gasteiger partial charge is 0.394 e. The number of nitrogens with two attached hydrogens (primary N) is 4. The summed E-state index contributed by atoms with van der Waals surface area (Å²) in [7, 11) is 1.57. The van der Waals surface area contributed by atoms with Crippen molar-refractivity contribution in [1.82, 2.24) is 48.5 Å². The number of likely N-dealkylation sites (tertiary alicyclic amines) is 2. The first-order chi connectivity index (χ1) is 34.1. The molecule has 9 N–H and O–H groups in total. The Labute approximate surface area is 417 Å². The lowest BCUT2D eigenvalue weighted by atomic mass is 10.1. The molecule has 22 heteroatoms. The molecular weight excluding hydrogens is 952 g/mol. The summed E-state index contributed by atoms with van der Waals surface area (Å²) in [4.78, 5) is 61.1. The van der Waals surface area contributed by atoms with Gasteiger partial charge in [0.15, 0.2) is 11.4 Å². The molecule has 4 atom stereocenters. The maximum Gasteiger partial charge on any atom is 0.255 e. The molecule has 10 rings (SSSR count). The van der Waals surface area contributed by atoms with Gasteiger partial charge in [-0.2, -0.15) is 10.2 Å². The highest BCUT2D eigenvalue weighted by molar-refractivity contribution is 6.33.